The van der Waals surface area contributed by atoms with Crippen LogP contribution in [0.3, 0.4) is 0 Å². The van der Waals surface area contributed by atoms with Crippen LogP contribution in [0, 0.1) is 11.3 Å². The first-order valence-corrected chi connectivity index (χ1v) is 16.5. The highest BCUT2D eigenvalue weighted by Gasteiger charge is 2.35. The van der Waals surface area contributed by atoms with Gasteiger partial charge in [-0.25, -0.2) is 4.98 Å². The summed E-state index contributed by atoms with van der Waals surface area (Å²) in [5.41, 5.74) is 3.38. The molecule has 2 unspecified atom stereocenters. The van der Waals surface area contributed by atoms with Gasteiger partial charge >= 0.3 is 6.01 Å². The Kier molecular flexibility index (Phi) is 8.71. The first kappa shape index (κ1) is 31.0. The summed E-state index contributed by atoms with van der Waals surface area (Å²) in [6.07, 6.45) is 8.03. The summed E-state index contributed by atoms with van der Waals surface area (Å²) < 4.78 is 7.94. The van der Waals surface area contributed by atoms with Crippen LogP contribution in [0.5, 0.6) is 6.01 Å². The van der Waals surface area contributed by atoms with Gasteiger partial charge in [0, 0.05) is 61.3 Å². The molecule has 2 saturated heterocycles. The van der Waals surface area contributed by atoms with E-state index in [2.05, 4.69) is 63.6 Å². The molecule has 0 saturated carbocycles. The third-order valence-corrected chi connectivity index (χ3v) is 10.0. The number of aromatic nitrogens is 4. The standard InChI is InChI=1S/C35H38ClN9O2/c1-24(44-17-14-38-23-44)34(46)45-19-18-43(20-26(45)11-13-37)33-28-12-16-42(31-10-4-7-25-6-3-9-29(36)32(25)31)21-30(28)39-35(40-33)47-22-27-8-5-15-41(27)2/h3-4,6-7,9-10,14,17,23,26-27H,1,5,8,11-12,15-16,18-22H2,2H3. The van der Waals surface area contributed by atoms with Gasteiger partial charge in [-0.3, -0.25) is 4.79 Å². The zero-order valence-corrected chi connectivity index (χ0v) is 27.3. The number of piperazine rings is 1. The average molecular weight is 652 g/mol. The highest BCUT2D eigenvalue weighted by Crippen LogP contribution is 2.37. The maximum absolute atomic E-state index is 13.5. The molecule has 2 fully saturated rings. The second kappa shape index (κ2) is 13.2. The van der Waals surface area contributed by atoms with Crippen LogP contribution in [0.1, 0.15) is 30.5 Å². The smallest absolute Gasteiger partial charge is 0.318 e. The SMILES string of the molecule is C=C(C(=O)N1CCN(c2nc(OCC3CCCN3C)nc3c2CCN(c2cccc4cccc(Cl)c24)C3)CC1CC#N)n1ccnc1. The van der Waals surface area contributed by atoms with Gasteiger partial charge in [0.15, 0.2) is 0 Å². The van der Waals surface area contributed by atoms with E-state index < -0.39 is 0 Å². The molecule has 1 amide bonds. The quantitative estimate of drug-likeness (QED) is 0.252. The highest BCUT2D eigenvalue weighted by atomic mass is 35.5. The third-order valence-electron chi connectivity index (χ3n) is 9.70. The molecule has 11 nitrogen and oxygen atoms in total. The number of fused-ring (bicyclic) bond motifs is 2. The zero-order chi connectivity index (χ0) is 32.5. The number of carbonyl (C=O) groups excluding carboxylic acids is 1. The maximum atomic E-state index is 13.5. The largest absolute Gasteiger partial charge is 0.462 e. The van der Waals surface area contributed by atoms with Crippen LogP contribution in [0.4, 0.5) is 11.5 Å². The lowest BCUT2D eigenvalue weighted by Crippen LogP contribution is -2.56. The van der Waals surface area contributed by atoms with Crippen molar-refractivity contribution in [3.63, 3.8) is 0 Å². The van der Waals surface area contributed by atoms with Crippen molar-refractivity contribution < 1.29 is 9.53 Å². The number of halogens is 1. The minimum absolute atomic E-state index is 0.194. The minimum atomic E-state index is -0.332. The predicted molar refractivity (Wildman–Crippen MR) is 182 cm³/mol. The highest BCUT2D eigenvalue weighted by molar-refractivity contribution is 6.36. The van der Waals surface area contributed by atoms with Crippen molar-refractivity contribution in [1.82, 2.24) is 29.3 Å². The van der Waals surface area contributed by atoms with Gasteiger partial charge in [-0.2, -0.15) is 15.2 Å². The van der Waals surface area contributed by atoms with E-state index in [1.165, 1.54) is 0 Å². The van der Waals surface area contributed by atoms with E-state index in [9.17, 15) is 10.1 Å². The van der Waals surface area contributed by atoms with Crippen molar-refractivity contribution in [3.05, 3.63) is 78.0 Å². The molecule has 2 aromatic heterocycles. The minimum Gasteiger partial charge on any atom is -0.462 e. The van der Waals surface area contributed by atoms with E-state index in [0.717, 1.165) is 70.9 Å². The number of nitriles is 1. The molecule has 5 heterocycles. The fourth-order valence-electron chi connectivity index (χ4n) is 7.11. The molecule has 47 heavy (non-hydrogen) atoms. The Morgan fingerprint density at radius 3 is 2.72 bits per heavy atom. The summed E-state index contributed by atoms with van der Waals surface area (Å²) in [6.45, 7) is 8.40. The van der Waals surface area contributed by atoms with E-state index in [1.54, 1.807) is 28.2 Å². The van der Waals surface area contributed by atoms with Gasteiger partial charge in [0.25, 0.3) is 5.91 Å². The van der Waals surface area contributed by atoms with E-state index in [1.807, 2.05) is 12.1 Å². The summed E-state index contributed by atoms with van der Waals surface area (Å²) in [5.74, 6) is 0.616. The van der Waals surface area contributed by atoms with E-state index >= 15 is 0 Å². The Morgan fingerprint density at radius 2 is 1.96 bits per heavy atom. The second-order valence-electron chi connectivity index (χ2n) is 12.5. The normalized spacial score (nSPS) is 19.9. The molecule has 0 radical (unpaired) electrons. The number of ether oxygens (including phenoxy) is 1. The number of imidazole rings is 1. The first-order valence-electron chi connectivity index (χ1n) is 16.2. The van der Waals surface area contributed by atoms with Gasteiger partial charge in [-0.15, -0.1) is 0 Å². The number of rotatable bonds is 8. The number of amides is 1. The summed E-state index contributed by atoms with van der Waals surface area (Å²) in [5, 5.41) is 12.6. The van der Waals surface area contributed by atoms with Crippen molar-refractivity contribution in [2.45, 2.75) is 44.3 Å². The van der Waals surface area contributed by atoms with Crippen molar-refractivity contribution in [2.24, 2.45) is 0 Å². The van der Waals surface area contributed by atoms with Gasteiger partial charge in [-0.1, -0.05) is 42.4 Å². The van der Waals surface area contributed by atoms with Crippen LogP contribution in [0.25, 0.3) is 16.5 Å². The number of anilines is 2. The van der Waals surface area contributed by atoms with Crippen LogP contribution in [-0.4, -0.2) is 93.7 Å². The fourth-order valence-corrected chi connectivity index (χ4v) is 7.39. The molecule has 12 heteroatoms. The molecule has 2 atom stereocenters. The van der Waals surface area contributed by atoms with Gasteiger partial charge in [-0.05, 0) is 50.4 Å². The van der Waals surface area contributed by atoms with E-state index in [0.29, 0.717) is 50.5 Å². The van der Waals surface area contributed by atoms with Gasteiger partial charge in [0.05, 0.1) is 42.1 Å². The molecule has 4 aromatic rings. The zero-order valence-electron chi connectivity index (χ0n) is 26.6. The lowest BCUT2D eigenvalue weighted by Gasteiger charge is -2.42. The number of hydrogen-bond donors (Lipinski definition) is 0. The lowest BCUT2D eigenvalue weighted by atomic mass is 10.0. The van der Waals surface area contributed by atoms with Crippen molar-refractivity contribution in [1.29, 1.82) is 5.26 Å². The molecule has 3 aliphatic heterocycles. The first-order chi connectivity index (χ1) is 22.9. The van der Waals surface area contributed by atoms with Crippen LogP contribution in [-0.2, 0) is 17.8 Å². The van der Waals surface area contributed by atoms with Crippen LogP contribution >= 0.6 is 11.6 Å². The van der Waals surface area contributed by atoms with E-state index in [4.69, 9.17) is 26.3 Å². The molecule has 7 rings (SSSR count). The number of carbonyl (C=O) groups is 1. The Labute approximate surface area is 279 Å². The molecular weight excluding hydrogens is 614 g/mol. The van der Waals surface area contributed by atoms with E-state index in [-0.39, 0.29) is 18.4 Å². The third kappa shape index (κ3) is 6.11. The number of likely N-dealkylation sites (N-methyl/N-ethyl adjacent to an activating group) is 1. The molecule has 2 aromatic carbocycles. The maximum Gasteiger partial charge on any atom is 0.318 e. The molecule has 0 spiro atoms. The summed E-state index contributed by atoms with van der Waals surface area (Å²) in [7, 11) is 2.13. The van der Waals surface area contributed by atoms with Crippen molar-refractivity contribution in [3.8, 4) is 12.1 Å². The number of hydrogen-bond acceptors (Lipinski definition) is 9. The average Bonchev–Trinajstić information content (AvgIpc) is 3.78. The number of benzene rings is 2. The van der Waals surface area contributed by atoms with Crippen LogP contribution in [0.15, 0.2) is 61.7 Å². The van der Waals surface area contributed by atoms with Crippen LogP contribution in [0.2, 0.25) is 5.02 Å². The molecule has 3 aliphatic rings. The Bertz CT molecular complexity index is 1830. The Morgan fingerprint density at radius 1 is 1.11 bits per heavy atom. The summed E-state index contributed by atoms with van der Waals surface area (Å²) in [6, 6.07) is 14.9. The van der Waals surface area contributed by atoms with Gasteiger partial charge in [0.1, 0.15) is 18.1 Å². The van der Waals surface area contributed by atoms with Gasteiger partial charge in [0.2, 0.25) is 0 Å². The van der Waals surface area contributed by atoms with Crippen molar-refractivity contribution >= 4 is 45.5 Å². The summed E-state index contributed by atoms with van der Waals surface area (Å²) >= 11 is 6.73. The molecule has 0 N–H and O–H groups in total. The van der Waals surface area contributed by atoms with Gasteiger partial charge < -0.3 is 28.9 Å². The molecule has 242 valence electrons. The lowest BCUT2D eigenvalue weighted by molar-refractivity contribution is -0.128. The number of nitrogens with zero attached hydrogens (tertiary/aromatic N) is 9. The Hall–Kier alpha value is -4.66. The monoisotopic (exact) mass is 651 g/mol. The molecule has 0 aliphatic carbocycles. The van der Waals surface area contributed by atoms with Crippen LogP contribution < -0.4 is 14.5 Å². The van der Waals surface area contributed by atoms with Crippen molar-refractivity contribution in [2.75, 3.05) is 56.2 Å². The topological polar surface area (TPSA) is 107 Å². The second-order valence-corrected chi connectivity index (χ2v) is 12.9. The molecule has 0 bridgehead atoms. The Balaban J connectivity index is 1.20. The summed E-state index contributed by atoms with van der Waals surface area (Å²) in [4.78, 5) is 36.2. The predicted octanol–water partition coefficient (Wildman–Crippen LogP) is 4.62. The number of likely N-dealkylation sites (tertiary alicyclic amines) is 1. The fraction of sp³-hybridized carbons (Fsp3) is 0.400. The molecular formula is C35H38ClN9O2.